The Morgan fingerprint density at radius 2 is 0.984 bits per heavy atom. The van der Waals surface area contributed by atoms with Crippen LogP contribution >= 0.6 is 11.3 Å². The zero-order chi connectivity index (χ0) is 41.9. The Kier molecular flexibility index (Phi) is 7.46. The molecule has 0 saturated heterocycles. The Morgan fingerprint density at radius 3 is 1.81 bits per heavy atom. The maximum absolute atomic E-state index is 6.43. The van der Waals surface area contributed by atoms with Gasteiger partial charge in [-0.3, -0.25) is 4.57 Å². The molecule has 9 aromatic carbocycles. The summed E-state index contributed by atoms with van der Waals surface area (Å²) in [5.74, 6) is 1.71. The summed E-state index contributed by atoms with van der Waals surface area (Å²) in [7, 11) is 0. The molecular formula is C57H33N5OS. The van der Waals surface area contributed by atoms with Crippen LogP contribution in [0.15, 0.2) is 205 Å². The van der Waals surface area contributed by atoms with Crippen molar-refractivity contribution in [1.29, 1.82) is 0 Å². The van der Waals surface area contributed by atoms with Crippen LogP contribution < -0.4 is 0 Å². The van der Waals surface area contributed by atoms with Crippen molar-refractivity contribution in [2.24, 2.45) is 0 Å². The average Bonchev–Trinajstić information content (AvgIpc) is 4.12. The van der Waals surface area contributed by atoms with Crippen molar-refractivity contribution in [3.63, 3.8) is 0 Å². The second-order valence-corrected chi connectivity index (χ2v) is 17.4. The number of fused-ring (bicyclic) bond motifs is 13. The lowest BCUT2D eigenvalue weighted by Crippen LogP contribution is -2.07. The molecule has 64 heavy (non-hydrogen) atoms. The van der Waals surface area contributed by atoms with Crippen LogP contribution in [0.4, 0.5) is 0 Å². The maximum atomic E-state index is 6.43. The number of hydrogen-bond acceptors (Lipinski definition) is 5. The summed E-state index contributed by atoms with van der Waals surface area (Å²) in [6.45, 7) is 0. The summed E-state index contributed by atoms with van der Waals surface area (Å²) >= 11 is 1.78. The average molecular weight is 836 g/mol. The van der Waals surface area contributed by atoms with Gasteiger partial charge in [-0.2, -0.15) is 9.97 Å². The Balaban J connectivity index is 1.10. The monoisotopic (exact) mass is 835 g/mol. The number of para-hydroxylation sites is 3. The molecule has 6 nitrogen and oxygen atoms in total. The van der Waals surface area contributed by atoms with E-state index in [4.69, 9.17) is 19.4 Å². The highest BCUT2D eigenvalue weighted by Crippen LogP contribution is 2.44. The summed E-state index contributed by atoms with van der Waals surface area (Å²) in [6.07, 6.45) is 0. The van der Waals surface area contributed by atoms with Gasteiger partial charge in [0.2, 0.25) is 5.95 Å². The van der Waals surface area contributed by atoms with Crippen molar-refractivity contribution in [3.8, 4) is 45.5 Å². The van der Waals surface area contributed by atoms with Gasteiger partial charge in [-0.25, -0.2) is 4.98 Å². The maximum Gasteiger partial charge on any atom is 0.238 e. The zero-order valence-electron chi connectivity index (χ0n) is 34.1. The van der Waals surface area contributed by atoms with Crippen molar-refractivity contribution in [3.05, 3.63) is 200 Å². The predicted octanol–water partition coefficient (Wildman–Crippen LogP) is 15.3. The highest BCUT2D eigenvalue weighted by molar-refractivity contribution is 7.26. The number of benzene rings is 9. The number of aromatic nitrogens is 5. The predicted molar refractivity (Wildman–Crippen MR) is 265 cm³/mol. The van der Waals surface area contributed by atoms with Crippen LogP contribution in [-0.4, -0.2) is 24.1 Å². The first-order valence-electron chi connectivity index (χ1n) is 21.4. The molecule has 298 valence electrons. The van der Waals surface area contributed by atoms with Gasteiger partial charge in [-0.15, -0.1) is 11.3 Å². The first-order valence-corrected chi connectivity index (χ1v) is 22.3. The zero-order valence-corrected chi connectivity index (χ0v) is 34.9. The summed E-state index contributed by atoms with van der Waals surface area (Å²) in [5.41, 5.74) is 11.1. The lowest BCUT2D eigenvalue weighted by Gasteiger charge is -2.14. The normalized spacial score (nSPS) is 12.1. The van der Waals surface area contributed by atoms with E-state index in [1.807, 2.05) is 18.2 Å². The van der Waals surface area contributed by atoms with Crippen LogP contribution in [0.5, 0.6) is 0 Å². The van der Waals surface area contributed by atoms with E-state index in [2.05, 4.69) is 191 Å². The van der Waals surface area contributed by atoms with E-state index in [1.54, 1.807) is 11.3 Å². The molecule has 0 aliphatic rings. The second kappa shape index (κ2) is 13.6. The van der Waals surface area contributed by atoms with Crippen molar-refractivity contribution < 1.29 is 4.42 Å². The van der Waals surface area contributed by atoms with E-state index in [1.165, 1.54) is 26.4 Å². The van der Waals surface area contributed by atoms with E-state index in [0.29, 0.717) is 17.6 Å². The van der Waals surface area contributed by atoms with Gasteiger partial charge in [0, 0.05) is 69.3 Å². The minimum atomic E-state index is 0.538. The molecule has 0 fully saturated rings. The first-order chi connectivity index (χ1) is 31.7. The number of nitrogens with zero attached hydrogens (tertiary/aromatic N) is 5. The Morgan fingerprint density at radius 1 is 0.375 bits per heavy atom. The molecular weight excluding hydrogens is 803 g/mol. The molecule has 0 atom stereocenters. The fraction of sp³-hybridized carbons (Fsp3) is 0. The number of hydrogen-bond donors (Lipinski definition) is 0. The quantitative estimate of drug-likeness (QED) is 0.173. The minimum absolute atomic E-state index is 0.538. The molecule has 0 aliphatic heterocycles. The molecule has 0 N–H and O–H groups in total. The van der Waals surface area contributed by atoms with E-state index in [9.17, 15) is 0 Å². The summed E-state index contributed by atoms with van der Waals surface area (Å²) in [6, 6.07) is 70.8. The summed E-state index contributed by atoms with van der Waals surface area (Å²) < 4.78 is 13.5. The highest BCUT2D eigenvalue weighted by Gasteiger charge is 2.24. The summed E-state index contributed by atoms with van der Waals surface area (Å²) in [4.78, 5) is 16.3. The topological polar surface area (TPSA) is 61.7 Å². The van der Waals surface area contributed by atoms with Gasteiger partial charge in [0.25, 0.3) is 0 Å². The lowest BCUT2D eigenvalue weighted by molar-refractivity contribution is 0.669. The van der Waals surface area contributed by atoms with Crippen LogP contribution in [0.25, 0.3) is 131 Å². The lowest BCUT2D eigenvalue weighted by atomic mass is 10.1. The molecule has 0 saturated carbocycles. The molecule has 0 radical (unpaired) electrons. The van der Waals surface area contributed by atoms with Gasteiger partial charge < -0.3 is 8.98 Å². The SMILES string of the molecule is c1ccc(-c2cccc(-n3c4ccccc4c4ccc5c6ccccc6n(-c6nc(-c7ccc8c(c7)oc7ccccc78)nc(-c7cccc8c7sc7ccccc78)n6)c5c43)c2)cc1. The molecule has 5 aromatic heterocycles. The third-order valence-corrected chi connectivity index (χ3v) is 14.0. The van der Waals surface area contributed by atoms with E-state index < -0.39 is 0 Å². The molecule has 0 unspecified atom stereocenters. The molecule has 7 heteroatoms. The third-order valence-electron chi connectivity index (χ3n) is 12.8. The van der Waals surface area contributed by atoms with Crippen LogP contribution in [0.1, 0.15) is 0 Å². The molecule has 0 spiro atoms. The fourth-order valence-electron chi connectivity index (χ4n) is 9.93. The summed E-state index contributed by atoms with van der Waals surface area (Å²) in [5, 5.41) is 9.10. The minimum Gasteiger partial charge on any atom is -0.456 e. The van der Waals surface area contributed by atoms with Gasteiger partial charge in [-0.05, 0) is 65.7 Å². The van der Waals surface area contributed by atoms with Crippen LogP contribution in [0.3, 0.4) is 0 Å². The Hall–Kier alpha value is -8.39. The van der Waals surface area contributed by atoms with Gasteiger partial charge in [-0.1, -0.05) is 146 Å². The number of rotatable bonds is 5. The van der Waals surface area contributed by atoms with Crippen molar-refractivity contribution in [2.45, 2.75) is 0 Å². The van der Waals surface area contributed by atoms with Gasteiger partial charge in [0.05, 0.1) is 22.1 Å². The van der Waals surface area contributed by atoms with Crippen molar-refractivity contribution >= 4 is 97.1 Å². The molecule has 0 amide bonds. The second-order valence-electron chi connectivity index (χ2n) is 16.4. The molecule has 5 heterocycles. The Bertz CT molecular complexity index is 4210. The largest absolute Gasteiger partial charge is 0.456 e. The van der Waals surface area contributed by atoms with E-state index in [-0.39, 0.29) is 0 Å². The molecule has 14 rings (SSSR count). The smallest absolute Gasteiger partial charge is 0.238 e. The van der Waals surface area contributed by atoms with Crippen LogP contribution in [-0.2, 0) is 0 Å². The van der Waals surface area contributed by atoms with E-state index in [0.717, 1.165) is 87.2 Å². The standard InChI is InChI=1S/C57H33N5OS/c1-2-14-34(15-3-1)35-16-12-17-37(32-35)61-47-24-8-4-18-38(47)43-30-31-44-39-19-5-9-25-48(39)62(53(44)52(43)61)57-59-55(36-28-29-41-40-20-6-10-26-49(40)63-50(41)33-36)58-56(60-57)46-23-13-22-45-42-21-7-11-27-51(42)64-54(45)46/h1-33H. The number of furan rings is 1. The van der Waals surface area contributed by atoms with Crippen LogP contribution in [0.2, 0.25) is 0 Å². The van der Waals surface area contributed by atoms with Gasteiger partial charge in [0.15, 0.2) is 11.6 Å². The number of thiophene rings is 1. The van der Waals surface area contributed by atoms with Crippen molar-refractivity contribution in [1.82, 2.24) is 24.1 Å². The third kappa shape index (κ3) is 5.16. The fourth-order valence-corrected chi connectivity index (χ4v) is 11.1. The highest BCUT2D eigenvalue weighted by atomic mass is 32.1. The van der Waals surface area contributed by atoms with Crippen molar-refractivity contribution in [2.75, 3.05) is 0 Å². The molecule has 0 bridgehead atoms. The van der Waals surface area contributed by atoms with Gasteiger partial charge in [0.1, 0.15) is 11.2 Å². The molecule has 14 aromatic rings. The van der Waals surface area contributed by atoms with E-state index >= 15 is 0 Å². The first kappa shape index (κ1) is 35.2. The van der Waals surface area contributed by atoms with Crippen LogP contribution in [0, 0.1) is 0 Å². The Labute approximate surface area is 369 Å². The molecule has 0 aliphatic carbocycles. The van der Waals surface area contributed by atoms with Gasteiger partial charge >= 0.3 is 0 Å².